The van der Waals surface area contributed by atoms with Gasteiger partial charge in [0.1, 0.15) is 23.9 Å². The zero-order chi connectivity index (χ0) is 27.5. The first-order chi connectivity index (χ1) is 19.6. The molecular formula is C30H34FN5O3S. The summed E-state index contributed by atoms with van der Waals surface area (Å²) in [5.41, 5.74) is 2.17. The van der Waals surface area contributed by atoms with Crippen molar-refractivity contribution in [2.45, 2.75) is 13.2 Å². The van der Waals surface area contributed by atoms with Gasteiger partial charge in [0, 0.05) is 50.7 Å². The monoisotopic (exact) mass is 563 g/mol. The van der Waals surface area contributed by atoms with E-state index in [9.17, 15) is 0 Å². The predicted molar refractivity (Wildman–Crippen MR) is 156 cm³/mol. The normalized spacial score (nSPS) is 16.9. The van der Waals surface area contributed by atoms with E-state index in [0.29, 0.717) is 37.0 Å². The second kappa shape index (κ2) is 12.1. The summed E-state index contributed by atoms with van der Waals surface area (Å²) in [6.45, 7) is 8.25. The topological polar surface area (TPSA) is 63.2 Å². The summed E-state index contributed by atoms with van der Waals surface area (Å²) in [6, 6.07) is 14.6. The smallest absolute Gasteiger partial charge is 0.165 e. The first-order valence-corrected chi connectivity index (χ1v) is 14.5. The van der Waals surface area contributed by atoms with Crippen LogP contribution in [0.15, 0.2) is 48.5 Å². The van der Waals surface area contributed by atoms with E-state index in [-0.39, 0.29) is 5.82 Å². The zero-order valence-electron chi connectivity index (χ0n) is 22.9. The van der Waals surface area contributed by atoms with Crippen molar-refractivity contribution in [1.82, 2.24) is 19.8 Å². The largest absolute Gasteiger partial charge is 0.497 e. The summed E-state index contributed by atoms with van der Waals surface area (Å²) in [6.07, 6.45) is 0. The third-order valence-corrected chi connectivity index (χ3v) is 8.54. The fourth-order valence-corrected chi connectivity index (χ4v) is 6.19. The molecule has 0 radical (unpaired) electrons. The molecule has 0 bridgehead atoms. The molecule has 0 N–H and O–H groups in total. The molecule has 2 aliphatic heterocycles. The second-order valence-corrected chi connectivity index (χ2v) is 11.4. The van der Waals surface area contributed by atoms with Gasteiger partial charge in [0.25, 0.3) is 0 Å². The predicted octanol–water partition coefficient (Wildman–Crippen LogP) is 4.67. The van der Waals surface area contributed by atoms with E-state index in [4.69, 9.17) is 24.2 Å². The van der Waals surface area contributed by atoms with Crippen molar-refractivity contribution in [2.75, 3.05) is 71.5 Å². The van der Waals surface area contributed by atoms with Crippen LogP contribution in [0.3, 0.4) is 0 Å². The highest BCUT2D eigenvalue weighted by atomic mass is 32.1. The van der Waals surface area contributed by atoms with E-state index < -0.39 is 0 Å². The van der Waals surface area contributed by atoms with Crippen molar-refractivity contribution in [2.24, 2.45) is 0 Å². The first-order valence-electron chi connectivity index (χ1n) is 13.7. The molecule has 0 spiro atoms. The third-order valence-electron chi connectivity index (χ3n) is 7.43. The molecule has 8 nitrogen and oxygen atoms in total. The summed E-state index contributed by atoms with van der Waals surface area (Å²) in [5, 5.41) is 0. The highest BCUT2D eigenvalue weighted by molar-refractivity contribution is 7.19. The zero-order valence-corrected chi connectivity index (χ0v) is 23.8. The van der Waals surface area contributed by atoms with Gasteiger partial charge < -0.3 is 24.0 Å². The average Bonchev–Trinajstić information content (AvgIpc) is 3.40. The molecule has 4 heterocycles. The summed E-state index contributed by atoms with van der Waals surface area (Å²) >= 11 is 1.74. The average molecular weight is 564 g/mol. The number of likely N-dealkylation sites (N-methyl/N-ethyl adjacent to an activating group) is 1. The SMILES string of the molecule is COc1ccc(COc2ccc(F)c(-c3nc(N4CCOCC4)c4sc(CN5CCN(C)CC5)cc4n3)c2)cc1. The molecule has 2 aromatic carbocycles. The number of methoxy groups -OCH3 is 1. The molecule has 2 aliphatic rings. The minimum absolute atomic E-state index is 0.329. The van der Waals surface area contributed by atoms with E-state index in [2.05, 4.69) is 27.8 Å². The molecule has 2 fully saturated rings. The van der Waals surface area contributed by atoms with Crippen molar-refractivity contribution in [3.05, 3.63) is 64.8 Å². The van der Waals surface area contributed by atoms with Gasteiger partial charge in [-0.05, 0) is 49.0 Å². The van der Waals surface area contributed by atoms with Crippen molar-refractivity contribution in [3.63, 3.8) is 0 Å². The van der Waals surface area contributed by atoms with Crippen LogP contribution >= 0.6 is 11.3 Å². The molecule has 40 heavy (non-hydrogen) atoms. The van der Waals surface area contributed by atoms with E-state index in [1.165, 1.54) is 10.9 Å². The molecule has 0 aliphatic carbocycles. The number of anilines is 1. The molecule has 6 rings (SSSR count). The molecule has 0 amide bonds. The number of ether oxygens (including phenoxy) is 3. The second-order valence-electron chi connectivity index (χ2n) is 10.3. The van der Waals surface area contributed by atoms with Gasteiger partial charge in [0.15, 0.2) is 11.6 Å². The summed E-state index contributed by atoms with van der Waals surface area (Å²) in [7, 11) is 3.81. The summed E-state index contributed by atoms with van der Waals surface area (Å²) < 4.78 is 33.1. The Labute approximate surface area is 237 Å². The van der Waals surface area contributed by atoms with Crippen LogP contribution in [0.5, 0.6) is 11.5 Å². The van der Waals surface area contributed by atoms with Gasteiger partial charge in [-0.15, -0.1) is 11.3 Å². The number of aromatic nitrogens is 2. The Morgan fingerprint density at radius 2 is 1.68 bits per heavy atom. The number of hydrogen-bond acceptors (Lipinski definition) is 9. The molecule has 2 aromatic heterocycles. The van der Waals surface area contributed by atoms with Crippen LogP contribution in [0.25, 0.3) is 21.6 Å². The number of thiophene rings is 1. The summed E-state index contributed by atoms with van der Waals surface area (Å²) in [4.78, 5) is 18.1. The van der Waals surface area contributed by atoms with Crippen molar-refractivity contribution in [1.29, 1.82) is 0 Å². The highest BCUT2D eigenvalue weighted by Gasteiger charge is 2.23. The maximum absolute atomic E-state index is 15.2. The Morgan fingerprint density at radius 1 is 0.925 bits per heavy atom. The van der Waals surface area contributed by atoms with Crippen LogP contribution in [0.2, 0.25) is 0 Å². The van der Waals surface area contributed by atoms with E-state index >= 15 is 4.39 Å². The van der Waals surface area contributed by atoms with Crippen LogP contribution in [0.1, 0.15) is 10.4 Å². The van der Waals surface area contributed by atoms with Gasteiger partial charge >= 0.3 is 0 Å². The number of benzene rings is 2. The van der Waals surface area contributed by atoms with Crippen LogP contribution in [0, 0.1) is 5.82 Å². The minimum atomic E-state index is -0.378. The number of nitrogens with zero attached hydrogens (tertiary/aromatic N) is 5. The molecule has 2 saturated heterocycles. The number of hydrogen-bond donors (Lipinski definition) is 0. The number of fused-ring (bicyclic) bond motifs is 1. The van der Waals surface area contributed by atoms with Gasteiger partial charge in [-0.25, -0.2) is 14.4 Å². The van der Waals surface area contributed by atoms with E-state index in [0.717, 1.165) is 73.2 Å². The number of halogens is 1. The fourth-order valence-electron chi connectivity index (χ4n) is 5.03. The maximum atomic E-state index is 15.2. The van der Waals surface area contributed by atoms with E-state index in [1.54, 1.807) is 30.6 Å². The van der Waals surface area contributed by atoms with E-state index in [1.807, 2.05) is 24.3 Å². The lowest BCUT2D eigenvalue weighted by atomic mass is 10.1. The fraction of sp³-hybridized carbons (Fsp3) is 0.400. The highest BCUT2D eigenvalue weighted by Crippen LogP contribution is 2.36. The molecule has 4 aromatic rings. The summed E-state index contributed by atoms with van der Waals surface area (Å²) in [5.74, 6) is 2.19. The Bertz CT molecular complexity index is 1450. The van der Waals surface area contributed by atoms with Crippen molar-refractivity contribution >= 4 is 27.4 Å². The van der Waals surface area contributed by atoms with Crippen LogP contribution in [-0.2, 0) is 17.9 Å². The van der Waals surface area contributed by atoms with Gasteiger partial charge in [-0.3, -0.25) is 4.90 Å². The number of piperazine rings is 1. The van der Waals surface area contributed by atoms with Crippen molar-refractivity contribution in [3.8, 4) is 22.9 Å². The number of rotatable bonds is 8. The Morgan fingerprint density at radius 3 is 2.42 bits per heavy atom. The van der Waals surface area contributed by atoms with Gasteiger partial charge in [0.2, 0.25) is 0 Å². The molecular weight excluding hydrogens is 529 g/mol. The van der Waals surface area contributed by atoms with Crippen LogP contribution < -0.4 is 14.4 Å². The number of morpholine rings is 1. The lowest BCUT2D eigenvalue weighted by Gasteiger charge is -2.31. The van der Waals surface area contributed by atoms with Gasteiger partial charge in [0.05, 0.1) is 36.1 Å². The Balaban J connectivity index is 1.30. The van der Waals surface area contributed by atoms with Crippen LogP contribution in [0.4, 0.5) is 10.2 Å². The lowest BCUT2D eigenvalue weighted by Crippen LogP contribution is -2.43. The molecule has 10 heteroatoms. The molecule has 210 valence electrons. The molecule has 0 saturated carbocycles. The lowest BCUT2D eigenvalue weighted by molar-refractivity contribution is 0.122. The van der Waals surface area contributed by atoms with Crippen LogP contribution in [-0.4, -0.2) is 86.4 Å². The van der Waals surface area contributed by atoms with Gasteiger partial charge in [-0.2, -0.15) is 0 Å². The third kappa shape index (κ3) is 6.05. The molecule has 0 unspecified atom stereocenters. The maximum Gasteiger partial charge on any atom is 0.165 e. The quantitative estimate of drug-likeness (QED) is 0.307. The van der Waals surface area contributed by atoms with Gasteiger partial charge in [-0.1, -0.05) is 12.1 Å². The standard InChI is InChI=1S/C30H34FN5O3S/c1-34-9-11-35(12-10-34)19-24-18-27-28(40-24)30(36-13-15-38-16-14-36)33-29(32-27)25-17-23(7-8-26(25)31)39-20-21-3-5-22(37-2)6-4-21/h3-8,17-18H,9-16,19-20H2,1-2H3. The Kier molecular flexibility index (Phi) is 8.10. The minimum Gasteiger partial charge on any atom is -0.497 e. The first kappa shape index (κ1) is 26.9. The molecule has 0 atom stereocenters. The van der Waals surface area contributed by atoms with Crippen molar-refractivity contribution < 1.29 is 18.6 Å². The Hall–Kier alpha value is -3.31.